The number of aromatic nitrogens is 5. The molecular formula is C17H20N6O. The summed E-state index contributed by atoms with van der Waals surface area (Å²) in [6.07, 6.45) is 6.86. The van der Waals surface area contributed by atoms with Gasteiger partial charge in [0.25, 0.3) is 5.91 Å². The maximum absolute atomic E-state index is 12.9. The molecule has 0 saturated carbocycles. The number of fused-ring (bicyclic) bond motifs is 1. The largest absolute Gasteiger partial charge is 0.337 e. The number of rotatable bonds is 3. The highest BCUT2D eigenvalue weighted by molar-refractivity contribution is 5.97. The number of nitrogens with zero attached hydrogens (tertiary/aromatic N) is 5. The second-order valence-electron chi connectivity index (χ2n) is 6.18. The molecule has 1 atom stereocenters. The summed E-state index contributed by atoms with van der Waals surface area (Å²) in [6, 6.07) is 5.76. The molecule has 1 saturated heterocycles. The summed E-state index contributed by atoms with van der Waals surface area (Å²) in [5.74, 6) is 1.14. The van der Waals surface area contributed by atoms with Crippen molar-refractivity contribution in [3.8, 4) is 0 Å². The summed E-state index contributed by atoms with van der Waals surface area (Å²) in [7, 11) is 0. The fraction of sp³-hybridized carbons (Fsp3) is 0.412. The van der Waals surface area contributed by atoms with Gasteiger partial charge in [0.15, 0.2) is 0 Å². The van der Waals surface area contributed by atoms with E-state index in [-0.39, 0.29) is 5.91 Å². The molecule has 3 aromatic rings. The van der Waals surface area contributed by atoms with Crippen molar-refractivity contribution >= 4 is 16.9 Å². The number of benzene rings is 1. The van der Waals surface area contributed by atoms with Crippen molar-refractivity contribution in [2.45, 2.75) is 32.2 Å². The van der Waals surface area contributed by atoms with Crippen molar-refractivity contribution in [3.05, 3.63) is 42.0 Å². The first-order chi connectivity index (χ1) is 11.8. The van der Waals surface area contributed by atoms with Crippen molar-refractivity contribution in [1.29, 1.82) is 0 Å². The Hall–Kier alpha value is -2.70. The zero-order chi connectivity index (χ0) is 16.5. The van der Waals surface area contributed by atoms with E-state index in [1.54, 1.807) is 6.07 Å². The van der Waals surface area contributed by atoms with Gasteiger partial charge in [-0.15, -0.1) is 0 Å². The van der Waals surface area contributed by atoms with Gasteiger partial charge < -0.3 is 9.47 Å². The molecule has 0 aliphatic carbocycles. The lowest BCUT2D eigenvalue weighted by Crippen LogP contribution is -2.40. The van der Waals surface area contributed by atoms with E-state index in [0.717, 1.165) is 49.2 Å². The number of carbonyl (C=O) groups is 1. The lowest BCUT2D eigenvalue weighted by atomic mass is 10.0. The van der Waals surface area contributed by atoms with Gasteiger partial charge in [0.2, 0.25) is 0 Å². The number of aromatic amines is 1. The molecule has 7 heteroatoms. The monoisotopic (exact) mass is 324 g/mol. The van der Waals surface area contributed by atoms with E-state index in [2.05, 4.69) is 31.9 Å². The Bertz CT molecular complexity index is 867. The highest BCUT2D eigenvalue weighted by Gasteiger charge is 2.26. The number of aryl methyl sites for hydroxylation is 1. The molecule has 0 radical (unpaired) electrons. The molecule has 4 rings (SSSR count). The quantitative estimate of drug-likeness (QED) is 0.801. The number of nitrogens with one attached hydrogen (secondary N) is 1. The summed E-state index contributed by atoms with van der Waals surface area (Å²) in [5.41, 5.74) is 2.16. The van der Waals surface area contributed by atoms with Crippen LogP contribution in [-0.2, 0) is 6.42 Å². The smallest absolute Gasteiger partial charge is 0.254 e. The molecule has 1 amide bonds. The zero-order valence-electron chi connectivity index (χ0n) is 13.6. The Morgan fingerprint density at radius 1 is 1.33 bits per heavy atom. The Balaban J connectivity index is 1.55. The van der Waals surface area contributed by atoms with E-state index in [4.69, 9.17) is 0 Å². The molecule has 1 N–H and O–H groups in total. The molecule has 0 bridgehead atoms. The second kappa shape index (κ2) is 6.07. The number of H-pyrrole nitrogens is 1. The minimum absolute atomic E-state index is 0.0581. The fourth-order valence-electron chi connectivity index (χ4n) is 3.47. The van der Waals surface area contributed by atoms with Crippen LogP contribution in [0.1, 0.15) is 42.0 Å². The van der Waals surface area contributed by atoms with Gasteiger partial charge in [0.1, 0.15) is 16.9 Å². The van der Waals surface area contributed by atoms with Gasteiger partial charge in [0.05, 0.1) is 6.04 Å². The van der Waals surface area contributed by atoms with Gasteiger partial charge >= 0.3 is 0 Å². The zero-order valence-corrected chi connectivity index (χ0v) is 13.6. The van der Waals surface area contributed by atoms with Gasteiger partial charge in [-0.25, -0.2) is 4.98 Å². The Morgan fingerprint density at radius 3 is 3.08 bits per heavy atom. The van der Waals surface area contributed by atoms with Crippen LogP contribution in [0.5, 0.6) is 0 Å². The predicted octanol–water partition coefficient (Wildman–Crippen LogP) is 2.19. The molecule has 0 spiro atoms. The number of hydrogen-bond acceptors (Lipinski definition) is 4. The number of imidazole rings is 1. The lowest BCUT2D eigenvalue weighted by molar-refractivity contribution is 0.0678. The fourth-order valence-corrected chi connectivity index (χ4v) is 3.47. The molecule has 1 aliphatic heterocycles. The van der Waals surface area contributed by atoms with Crippen LogP contribution in [0.15, 0.2) is 30.6 Å². The highest BCUT2D eigenvalue weighted by Crippen LogP contribution is 2.24. The third kappa shape index (κ3) is 2.55. The van der Waals surface area contributed by atoms with E-state index < -0.39 is 0 Å². The molecule has 1 aromatic carbocycles. The number of hydrogen-bond donors (Lipinski definition) is 1. The summed E-state index contributed by atoms with van der Waals surface area (Å²) in [4.78, 5) is 19.2. The molecule has 124 valence electrons. The van der Waals surface area contributed by atoms with Crippen molar-refractivity contribution in [3.63, 3.8) is 0 Å². The highest BCUT2D eigenvalue weighted by atomic mass is 16.2. The van der Waals surface area contributed by atoms with Crippen molar-refractivity contribution in [1.82, 2.24) is 29.9 Å². The van der Waals surface area contributed by atoms with E-state index in [1.165, 1.54) is 0 Å². The van der Waals surface area contributed by atoms with E-state index in [0.29, 0.717) is 11.6 Å². The number of amides is 1. The summed E-state index contributed by atoms with van der Waals surface area (Å²) in [5, 5.41) is 10.7. The summed E-state index contributed by atoms with van der Waals surface area (Å²) < 4.78 is 2.22. The van der Waals surface area contributed by atoms with Crippen LogP contribution in [0.3, 0.4) is 0 Å². The summed E-state index contributed by atoms with van der Waals surface area (Å²) in [6.45, 7) is 3.62. The van der Waals surface area contributed by atoms with E-state index in [1.807, 2.05) is 29.4 Å². The maximum atomic E-state index is 12.9. The SMILES string of the molecule is CCc1nccn1[C@@H]1CCCN(C(=O)c2ccc3n[nH]nc3c2)C1. The topological polar surface area (TPSA) is 79.7 Å². The third-order valence-electron chi connectivity index (χ3n) is 4.71. The minimum atomic E-state index is 0.0581. The van der Waals surface area contributed by atoms with E-state index >= 15 is 0 Å². The molecule has 24 heavy (non-hydrogen) atoms. The van der Waals surface area contributed by atoms with Crippen LogP contribution < -0.4 is 0 Å². The average Bonchev–Trinajstić information content (AvgIpc) is 3.29. The number of piperidine rings is 1. The normalized spacial score (nSPS) is 18.2. The van der Waals surface area contributed by atoms with Gasteiger partial charge in [-0.3, -0.25) is 4.79 Å². The predicted molar refractivity (Wildman–Crippen MR) is 89.7 cm³/mol. The average molecular weight is 324 g/mol. The van der Waals surface area contributed by atoms with Crippen LogP contribution in [0.4, 0.5) is 0 Å². The van der Waals surface area contributed by atoms with Crippen LogP contribution >= 0.6 is 0 Å². The molecule has 1 fully saturated rings. The Labute approximate surface area is 139 Å². The maximum Gasteiger partial charge on any atom is 0.254 e. The molecule has 2 aromatic heterocycles. The molecule has 7 nitrogen and oxygen atoms in total. The second-order valence-corrected chi connectivity index (χ2v) is 6.18. The van der Waals surface area contributed by atoms with Gasteiger partial charge in [-0.1, -0.05) is 6.92 Å². The first kappa shape index (κ1) is 14.9. The van der Waals surface area contributed by atoms with E-state index in [9.17, 15) is 4.79 Å². The minimum Gasteiger partial charge on any atom is -0.337 e. The van der Waals surface area contributed by atoms with Crippen LogP contribution in [0.25, 0.3) is 11.0 Å². The van der Waals surface area contributed by atoms with Crippen LogP contribution in [0, 0.1) is 0 Å². The van der Waals surface area contributed by atoms with Gasteiger partial charge in [-0.2, -0.15) is 15.4 Å². The Morgan fingerprint density at radius 2 is 2.21 bits per heavy atom. The summed E-state index contributed by atoms with van der Waals surface area (Å²) >= 11 is 0. The molecular weight excluding hydrogens is 304 g/mol. The van der Waals surface area contributed by atoms with Crippen LogP contribution in [-0.4, -0.2) is 48.9 Å². The van der Waals surface area contributed by atoms with Crippen LogP contribution in [0.2, 0.25) is 0 Å². The van der Waals surface area contributed by atoms with Gasteiger partial charge in [-0.05, 0) is 31.0 Å². The number of likely N-dealkylation sites (tertiary alicyclic amines) is 1. The van der Waals surface area contributed by atoms with Crippen molar-refractivity contribution < 1.29 is 4.79 Å². The van der Waals surface area contributed by atoms with Crippen molar-refractivity contribution in [2.75, 3.05) is 13.1 Å². The third-order valence-corrected chi connectivity index (χ3v) is 4.71. The van der Waals surface area contributed by atoms with Crippen molar-refractivity contribution in [2.24, 2.45) is 0 Å². The molecule has 1 aliphatic rings. The first-order valence-corrected chi connectivity index (χ1v) is 8.37. The molecule has 3 heterocycles. The number of carbonyl (C=O) groups excluding carboxylic acids is 1. The first-order valence-electron chi connectivity index (χ1n) is 8.37. The lowest BCUT2D eigenvalue weighted by Gasteiger charge is -2.34. The van der Waals surface area contributed by atoms with Gasteiger partial charge in [0, 0.05) is 37.5 Å². The standard InChI is InChI=1S/C17H20N6O/c1-2-16-18-7-9-23(16)13-4-3-8-22(11-13)17(24)12-5-6-14-15(10-12)20-21-19-14/h5-7,9-10,13H,2-4,8,11H2,1H3,(H,19,20,21)/t13-/m1/s1. The molecule has 0 unspecified atom stereocenters. The Kier molecular flexibility index (Phi) is 3.76.